The monoisotopic (exact) mass is 388 g/mol. The standard InChI is InChI=1S/C20H24N2O4S/c1-15-5-3-4-6-17(15)13-20(23)21-18-8-7-16(2)19(14-18)27(24,25)22-9-11-26-12-10-22/h3-8,14H,9-13H2,1-2H3,(H,21,23). The van der Waals surface area contributed by atoms with Crippen LogP contribution in [0.2, 0.25) is 0 Å². The van der Waals surface area contributed by atoms with Crippen LogP contribution >= 0.6 is 0 Å². The molecule has 144 valence electrons. The van der Waals surface area contributed by atoms with Crippen LogP contribution in [-0.2, 0) is 26.0 Å². The average Bonchev–Trinajstić information content (AvgIpc) is 2.66. The van der Waals surface area contributed by atoms with E-state index in [1.54, 1.807) is 19.1 Å². The molecule has 6 nitrogen and oxygen atoms in total. The Morgan fingerprint density at radius 1 is 1.07 bits per heavy atom. The van der Waals surface area contributed by atoms with Gasteiger partial charge in [0.25, 0.3) is 0 Å². The van der Waals surface area contributed by atoms with E-state index in [2.05, 4.69) is 5.32 Å². The predicted octanol–water partition coefficient (Wildman–Crippen LogP) is 2.51. The van der Waals surface area contributed by atoms with E-state index in [4.69, 9.17) is 4.74 Å². The van der Waals surface area contributed by atoms with Crippen molar-refractivity contribution < 1.29 is 17.9 Å². The first-order valence-electron chi connectivity index (χ1n) is 8.91. The van der Waals surface area contributed by atoms with E-state index in [1.807, 2.05) is 31.2 Å². The molecule has 0 bridgehead atoms. The van der Waals surface area contributed by atoms with Gasteiger partial charge in [-0.25, -0.2) is 8.42 Å². The van der Waals surface area contributed by atoms with Gasteiger partial charge in [-0.2, -0.15) is 4.31 Å². The van der Waals surface area contributed by atoms with E-state index in [0.717, 1.165) is 11.1 Å². The Balaban J connectivity index is 1.79. The van der Waals surface area contributed by atoms with Crippen molar-refractivity contribution in [1.29, 1.82) is 0 Å². The molecule has 1 aliphatic rings. The van der Waals surface area contributed by atoms with Gasteiger partial charge in [0.15, 0.2) is 0 Å². The van der Waals surface area contributed by atoms with Crippen molar-refractivity contribution in [3.8, 4) is 0 Å². The van der Waals surface area contributed by atoms with Gasteiger partial charge in [-0.15, -0.1) is 0 Å². The lowest BCUT2D eigenvalue weighted by Gasteiger charge is -2.26. The number of ether oxygens (including phenoxy) is 1. The number of carbonyl (C=O) groups is 1. The molecule has 0 aromatic heterocycles. The summed E-state index contributed by atoms with van der Waals surface area (Å²) < 4.78 is 32.5. The highest BCUT2D eigenvalue weighted by molar-refractivity contribution is 7.89. The van der Waals surface area contributed by atoms with Gasteiger partial charge in [-0.1, -0.05) is 30.3 Å². The number of amides is 1. The van der Waals surface area contributed by atoms with Crippen LogP contribution < -0.4 is 5.32 Å². The maximum absolute atomic E-state index is 12.9. The number of rotatable bonds is 5. The fourth-order valence-electron chi connectivity index (χ4n) is 3.07. The van der Waals surface area contributed by atoms with Gasteiger partial charge < -0.3 is 10.1 Å². The van der Waals surface area contributed by atoms with Crippen LogP contribution in [0.15, 0.2) is 47.4 Å². The van der Waals surface area contributed by atoms with Gasteiger partial charge in [0, 0.05) is 18.8 Å². The molecule has 1 amide bonds. The fraction of sp³-hybridized carbons (Fsp3) is 0.350. The molecule has 0 aliphatic carbocycles. The molecule has 7 heteroatoms. The fourth-order valence-corrected chi connectivity index (χ4v) is 4.73. The summed E-state index contributed by atoms with van der Waals surface area (Å²) in [4.78, 5) is 12.6. The predicted molar refractivity (Wildman–Crippen MR) is 104 cm³/mol. The summed E-state index contributed by atoms with van der Waals surface area (Å²) in [7, 11) is -3.61. The van der Waals surface area contributed by atoms with Crippen LogP contribution in [0.5, 0.6) is 0 Å². The Morgan fingerprint density at radius 2 is 1.78 bits per heavy atom. The van der Waals surface area contributed by atoms with Crippen molar-refractivity contribution in [3.05, 3.63) is 59.2 Å². The van der Waals surface area contributed by atoms with Crippen molar-refractivity contribution >= 4 is 21.6 Å². The smallest absolute Gasteiger partial charge is 0.243 e. The first-order chi connectivity index (χ1) is 12.9. The highest BCUT2D eigenvalue weighted by atomic mass is 32.2. The second-order valence-electron chi connectivity index (χ2n) is 6.65. The molecule has 0 atom stereocenters. The summed E-state index contributed by atoms with van der Waals surface area (Å²) in [5, 5.41) is 2.81. The minimum Gasteiger partial charge on any atom is -0.379 e. The molecule has 1 saturated heterocycles. The molecule has 1 N–H and O–H groups in total. The third-order valence-electron chi connectivity index (χ3n) is 4.67. The first kappa shape index (κ1) is 19.5. The van der Waals surface area contributed by atoms with Crippen molar-refractivity contribution in [3.63, 3.8) is 0 Å². The quantitative estimate of drug-likeness (QED) is 0.854. The average molecular weight is 388 g/mol. The van der Waals surface area contributed by atoms with Gasteiger partial charge in [0.2, 0.25) is 15.9 Å². The number of hydrogen-bond acceptors (Lipinski definition) is 4. The van der Waals surface area contributed by atoms with Gasteiger partial charge >= 0.3 is 0 Å². The lowest BCUT2D eigenvalue weighted by Crippen LogP contribution is -2.40. The van der Waals surface area contributed by atoms with E-state index in [1.165, 1.54) is 10.4 Å². The second-order valence-corrected chi connectivity index (χ2v) is 8.55. The lowest BCUT2D eigenvalue weighted by molar-refractivity contribution is -0.115. The Labute approximate surface area is 160 Å². The summed E-state index contributed by atoms with van der Waals surface area (Å²) >= 11 is 0. The zero-order valence-electron chi connectivity index (χ0n) is 15.6. The van der Waals surface area contributed by atoms with Crippen LogP contribution in [-0.4, -0.2) is 44.9 Å². The topological polar surface area (TPSA) is 75.7 Å². The minimum absolute atomic E-state index is 0.178. The van der Waals surface area contributed by atoms with Gasteiger partial charge in [-0.3, -0.25) is 4.79 Å². The van der Waals surface area contributed by atoms with Gasteiger partial charge in [-0.05, 0) is 42.7 Å². The van der Waals surface area contributed by atoms with Crippen LogP contribution in [0.25, 0.3) is 0 Å². The Hall–Kier alpha value is -2.22. The number of anilines is 1. The van der Waals surface area contributed by atoms with Crippen LogP contribution in [0, 0.1) is 13.8 Å². The van der Waals surface area contributed by atoms with E-state index in [0.29, 0.717) is 37.6 Å². The zero-order valence-corrected chi connectivity index (χ0v) is 16.4. The maximum atomic E-state index is 12.9. The molecule has 1 fully saturated rings. The molecule has 2 aromatic carbocycles. The first-order valence-corrected chi connectivity index (χ1v) is 10.3. The molecule has 0 spiro atoms. The van der Waals surface area contributed by atoms with Crippen LogP contribution in [0.4, 0.5) is 5.69 Å². The minimum atomic E-state index is -3.61. The molecule has 0 unspecified atom stereocenters. The molecule has 2 aromatic rings. The van der Waals surface area contributed by atoms with Crippen molar-refractivity contribution in [1.82, 2.24) is 4.31 Å². The van der Waals surface area contributed by atoms with Gasteiger partial charge in [0.05, 0.1) is 24.5 Å². The zero-order chi connectivity index (χ0) is 19.4. The largest absolute Gasteiger partial charge is 0.379 e. The number of nitrogens with one attached hydrogen (secondary N) is 1. The normalized spacial score (nSPS) is 15.5. The van der Waals surface area contributed by atoms with Crippen LogP contribution in [0.3, 0.4) is 0 Å². The molecule has 1 heterocycles. The summed E-state index contributed by atoms with van der Waals surface area (Å²) in [6.45, 7) is 5.18. The Bertz CT molecular complexity index is 935. The number of benzene rings is 2. The van der Waals surface area contributed by atoms with E-state index < -0.39 is 10.0 Å². The third-order valence-corrected chi connectivity index (χ3v) is 6.71. The number of sulfonamides is 1. The van der Waals surface area contributed by atoms with Crippen molar-refractivity contribution in [2.75, 3.05) is 31.6 Å². The Morgan fingerprint density at radius 3 is 2.48 bits per heavy atom. The summed E-state index contributed by atoms with van der Waals surface area (Å²) in [5.74, 6) is -0.178. The molecule has 1 aliphatic heterocycles. The molecular formula is C20H24N2O4S. The van der Waals surface area contributed by atoms with Crippen LogP contribution in [0.1, 0.15) is 16.7 Å². The summed E-state index contributed by atoms with van der Waals surface area (Å²) in [6, 6.07) is 12.7. The molecular weight excluding hydrogens is 364 g/mol. The Kier molecular flexibility index (Phi) is 5.94. The number of nitrogens with zero attached hydrogens (tertiary/aromatic N) is 1. The SMILES string of the molecule is Cc1ccccc1CC(=O)Nc1ccc(C)c(S(=O)(=O)N2CCOCC2)c1. The highest BCUT2D eigenvalue weighted by Gasteiger charge is 2.28. The van der Waals surface area contributed by atoms with Crippen molar-refractivity contribution in [2.24, 2.45) is 0 Å². The molecule has 0 saturated carbocycles. The second kappa shape index (κ2) is 8.21. The van der Waals surface area contributed by atoms with E-state index in [-0.39, 0.29) is 17.2 Å². The summed E-state index contributed by atoms with van der Waals surface area (Å²) in [6.07, 6.45) is 0.242. The van der Waals surface area contributed by atoms with E-state index in [9.17, 15) is 13.2 Å². The molecule has 27 heavy (non-hydrogen) atoms. The van der Waals surface area contributed by atoms with E-state index >= 15 is 0 Å². The number of hydrogen-bond donors (Lipinski definition) is 1. The van der Waals surface area contributed by atoms with Crippen molar-refractivity contribution in [2.45, 2.75) is 25.2 Å². The van der Waals surface area contributed by atoms with Gasteiger partial charge in [0.1, 0.15) is 0 Å². The molecule has 3 rings (SSSR count). The summed E-state index contributed by atoms with van der Waals surface area (Å²) in [5.41, 5.74) is 3.12. The number of morpholine rings is 1. The molecule has 0 radical (unpaired) electrons. The maximum Gasteiger partial charge on any atom is 0.243 e. The number of carbonyl (C=O) groups excluding carboxylic acids is 1. The third kappa shape index (κ3) is 4.55. The highest BCUT2D eigenvalue weighted by Crippen LogP contribution is 2.24. The number of aryl methyl sites for hydroxylation is 2. The lowest BCUT2D eigenvalue weighted by atomic mass is 10.1.